The highest BCUT2D eigenvalue weighted by molar-refractivity contribution is 6.15. The van der Waals surface area contributed by atoms with Crippen LogP contribution in [0, 0.1) is 35.5 Å². The molecule has 11 nitrogen and oxygen atoms in total. The van der Waals surface area contributed by atoms with Gasteiger partial charge in [0.15, 0.2) is 29.7 Å². The molecule has 2 aliphatic carbocycles. The molecule has 4 heterocycles. The number of carbonyl (C=O) groups excluding carboxylic acids is 2. The fourth-order valence-corrected chi connectivity index (χ4v) is 8.17. The van der Waals surface area contributed by atoms with Crippen LogP contribution in [0.2, 0.25) is 0 Å². The van der Waals surface area contributed by atoms with Crippen molar-refractivity contribution in [2.24, 2.45) is 11.8 Å². The van der Waals surface area contributed by atoms with Crippen molar-refractivity contribution in [1.82, 2.24) is 15.3 Å². The van der Waals surface area contributed by atoms with E-state index in [9.17, 15) is 19.8 Å². The summed E-state index contributed by atoms with van der Waals surface area (Å²) in [6.45, 7) is 12.3. The Morgan fingerprint density at radius 3 is 2.73 bits per heavy atom. The second kappa shape index (κ2) is 15.9. The Kier molecular flexibility index (Phi) is 11.2. The first-order valence-corrected chi connectivity index (χ1v) is 19.2. The number of rotatable bonds is 9. The largest absolute Gasteiger partial charge is 0.508 e. The smallest absolute Gasteiger partial charge is 0.189 e. The Balaban J connectivity index is 1.23. The van der Waals surface area contributed by atoms with Crippen LogP contribution in [0.15, 0.2) is 65.4 Å². The van der Waals surface area contributed by atoms with E-state index in [4.69, 9.17) is 18.9 Å². The second-order valence-corrected chi connectivity index (χ2v) is 15.4. The van der Waals surface area contributed by atoms with Gasteiger partial charge in [-0.1, -0.05) is 57.5 Å². The number of nitrogens with one attached hydrogen (secondary N) is 2. The van der Waals surface area contributed by atoms with Crippen molar-refractivity contribution >= 4 is 33.4 Å². The summed E-state index contributed by atoms with van der Waals surface area (Å²) in [5, 5.41) is 27.1. The maximum Gasteiger partial charge on any atom is 0.189 e. The number of H-pyrrole nitrogens is 1. The zero-order chi connectivity index (χ0) is 39.0. The lowest BCUT2D eigenvalue weighted by Gasteiger charge is -2.43. The molecular formula is C44H49N3O8. The van der Waals surface area contributed by atoms with E-state index < -0.39 is 42.4 Å². The summed E-state index contributed by atoms with van der Waals surface area (Å²) < 4.78 is 26.4. The standard InChI is InChI=1S/C44H49N3O8/c1-7-12-32-39-26(5)35(49)22-44(32,51)17-11-9-8-10-13-36(39)55-43-37(54-38-19-25(4)34(23-52-38)46-24(2)3)21-30(27(6)53-43)42(50)41-40-29(16-18-45-41)31-20-28(48)14-15-33(31)47-40/h8-9,12,14-16,18,20,24-25,27,30,34,36-38,43,46-48,51H,7,19,21-23H2,1-6H3/b9-8-,32-12+/t25?,27?,30?,34?,36-,37?,38?,43?,44-/m0/s1. The van der Waals surface area contributed by atoms with Crippen molar-refractivity contribution in [3.8, 4) is 29.4 Å². The van der Waals surface area contributed by atoms with Crippen LogP contribution in [-0.4, -0.2) is 86.9 Å². The summed E-state index contributed by atoms with van der Waals surface area (Å²) in [7, 11) is 0. The molecule has 0 amide bonds. The number of phenolic OH excluding ortho intramolecular Hbond substituents is 1. The second-order valence-electron chi connectivity index (χ2n) is 15.4. The van der Waals surface area contributed by atoms with Gasteiger partial charge < -0.3 is 39.5 Å². The van der Waals surface area contributed by atoms with E-state index >= 15 is 0 Å². The first-order chi connectivity index (χ1) is 26.4. The molecule has 2 bridgehead atoms. The molecule has 3 aromatic rings. The van der Waals surface area contributed by atoms with E-state index in [1.54, 1.807) is 43.5 Å². The van der Waals surface area contributed by atoms with Crippen LogP contribution in [0.25, 0.3) is 21.8 Å². The Morgan fingerprint density at radius 1 is 1.16 bits per heavy atom. The lowest BCUT2D eigenvalue weighted by atomic mass is 9.73. The molecule has 2 fully saturated rings. The van der Waals surface area contributed by atoms with E-state index in [0.29, 0.717) is 47.7 Å². The first-order valence-electron chi connectivity index (χ1n) is 19.2. The van der Waals surface area contributed by atoms with Gasteiger partial charge in [0.1, 0.15) is 23.7 Å². The zero-order valence-electron chi connectivity index (χ0n) is 32.1. The normalized spacial score (nSPS) is 32.3. The van der Waals surface area contributed by atoms with Crippen molar-refractivity contribution in [3.63, 3.8) is 0 Å². The summed E-state index contributed by atoms with van der Waals surface area (Å²) in [5.74, 6) is 11.1. The number of carbonyl (C=O) groups is 2. The number of aromatic amines is 1. The molecule has 4 N–H and O–H groups in total. The van der Waals surface area contributed by atoms with Crippen molar-refractivity contribution in [2.45, 2.75) is 116 Å². The molecular weight excluding hydrogens is 698 g/mol. The minimum atomic E-state index is -1.72. The van der Waals surface area contributed by atoms with E-state index in [-0.39, 0.29) is 47.8 Å². The predicted molar refractivity (Wildman–Crippen MR) is 208 cm³/mol. The SMILES string of the molecule is CC/C=C1\C2=C(C)C(=O)C[C@@]1(O)C#C/C=C\C#C[C@@H]2OC1OC(C)C(C(=O)c2nccc3c2[nH]c2ccc(O)cc23)CC1OC1CC(C)C(NC(C)C)CO1. The minimum absolute atomic E-state index is 0.124. The van der Waals surface area contributed by atoms with Crippen molar-refractivity contribution in [3.05, 3.63) is 71.1 Å². The zero-order valence-corrected chi connectivity index (χ0v) is 32.1. The third-order valence-electron chi connectivity index (χ3n) is 11.0. The fourth-order valence-electron chi connectivity index (χ4n) is 8.17. The molecule has 7 unspecified atom stereocenters. The van der Waals surface area contributed by atoms with Gasteiger partial charge in [0.2, 0.25) is 0 Å². The molecule has 55 heavy (non-hydrogen) atoms. The number of ether oxygens (including phenoxy) is 4. The summed E-state index contributed by atoms with van der Waals surface area (Å²) >= 11 is 0. The predicted octanol–water partition coefficient (Wildman–Crippen LogP) is 5.81. The van der Waals surface area contributed by atoms with Crippen LogP contribution >= 0.6 is 0 Å². The molecule has 0 spiro atoms. The van der Waals surface area contributed by atoms with Gasteiger partial charge in [-0.15, -0.1) is 0 Å². The number of nitrogens with zero attached hydrogens (tertiary/aromatic N) is 1. The first kappa shape index (κ1) is 38.7. The minimum Gasteiger partial charge on any atom is -0.508 e. The molecule has 2 aromatic heterocycles. The monoisotopic (exact) mass is 747 g/mol. The summed E-state index contributed by atoms with van der Waals surface area (Å²) in [6.07, 6.45) is 3.75. The third-order valence-corrected chi connectivity index (χ3v) is 11.0. The number of hydrogen-bond acceptors (Lipinski definition) is 10. The Labute approximate surface area is 321 Å². The topological polar surface area (TPSA) is 152 Å². The van der Waals surface area contributed by atoms with Crippen LogP contribution in [0.5, 0.6) is 5.75 Å². The van der Waals surface area contributed by atoms with E-state index in [2.05, 4.69) is 59.7 Å². The maximum atomic E-state index is 14.6. The van der Waals surface area contributed by atoms with Gasteiger partial charge >= 0.3 is 0 Å². The number of Topliss-reactive ketones (excluding diaryl/α,β-unsaturated/α-hetero) is 2. The number of phenols is 1. The van der Waals surface area contributed by atoms with Gasteiger partial charge in [-0.2, -0.15) is 0 Å². The Bertz CT molecular complexity index is 2210. The van der Waals surface area contributed by atoms with Crippen LogP contribution in [-0.2, 0) is 23.7 Å². The molecule has 1 aromatic carbocycles. The molecule has 0 saturated carbocycles. The van der Waals surface area contributed by atoms with E-state index in [1.807, 2.05) is 26.0 Å². The summed E-state index contributed by atoms with van der Waals surface area (Å²) in [6, 6.07) is 7.30. The van der Waals surface area contributed by atoms with Crippen LogP contribution < -0.4 is 5.32 Å². The van der Waals surface area contributed by atoms with Gasteiger partial charge in [0.05, 0.1) is 30.6 Å². The molecule has 2 aliphatic heterocycles. The number of hydrogen-bond donors (Lipinski definition) is 4. The van der Waals surface area contributed by atoms with Gasteiger partial charge in [-0.25, -0.2) is 0 Å². The molecule has 11 heteroatoms. The molecule has 0 radical (unpaired) electrons. The molecule has 9 atom stereocenters. The van der Waals surface area contributed by atoms with Gasteiger partial charge in [-0.3, -0.25) is 14.6 Å². The van der Waals surface area contributed by atoms with Crippen molar-refractivity contribution < 1.29 is 38.7 Å². The number of aromatic nitrogens is 2. The Morgan fingerprint density at radius 2 is 1.96 bits per heavy atom. The van der Waals surface area contributed by atoms with Crippen molar-refractivity contribution in [2.75, 3.05) is 6.61 Å². The molecule has 7 rings (SSSR count). The molecule has 4 aliphatic rings. The number of benzene rings is 1. The Hall–Kier alpha value is -4.59. The fraction of sp³-hybridized carbons (Fsp3) is 0.477. The number of ketones is 2. The number of fused-ring (bicyclic) bond motifs is 5. The van der Waals surface area contributed by atoms with Crippen LogP contribution in [0.4, 0.5) is 0 Å². The number of aliphatic hydroxyl groups is 1. The number of pyridine rings is 1. The van der Waals surface area contributed by atoms with Crippen LogP contribution in [0.3, 0.4) is 0 Å². The molecule has 2 saturated heterocycles. The summed E-state index contributed by atoms with van der Waals surface area (Å²) in [5.41, 5.74) is 1.27. The molecule has 288 valence electrons. The summed E-state index contributed by atoms with van der Waals surface area (Å²) in [4.78, 5) is 35.8. The van der Waals surface area contributed by atoms with Gasteiger partial charge in [0.25, 0.3) is 0 Å². The van der Waals surface area contributed by atoms with Gasteiger partial charge in [-0.05, 0) is 80.2 Å². The number of aromatic hydroxyl groups is 1. The van der Waals surface area contributed by atoms with Crippen molar-refractivity contribution in [1.29, 1.82) is 0 Å². The van der Waals surface area contributed by atoms with E-state index in [0.717, 1.165) is 16.3 Å². The highest BCUT2D eigenvalue weighted by Gasteiger charge is 2.47. The lowest BCUT2D eigenvalue weighted by Crippen LogP contribution is -2.53. The van der Waals surface area contributed by atoms with Crippen LogP contribution in [0.1, 0.15) is 77.7 Å². The average Bonchev–Trinajstić information content (AvgIpc) is 3.51. The van der Waals surface area contributed by atoms with Gasteiger partial charge in [0, 0.05) is 46.6 Å². The quantitative estimate of drug-likeness (QED) is 0.156. The highest BCUT2D eigenvalue weighted by atomic mass is 16.7. The number of allylic oxidation sites excluding steroid dienone is 4. The highest BCUT2D eigenvalue weighted by Crippen LogP contribution is 2.41. The maximum absolute atomic E-state index is 14.6. The lowest BCUT2D eigenvalue weighted by molar-refractivity contribution is -0.301. The average molecular weight is 748 g/mol. The third kappa shape index (κ3) is 7.79. The van der Waals surface area contributed by atoms with E-state index in [1.165, 1.54) is 0 Å².